The summed E-state index contributed by atoms with van der Waals surface area (Å²) in [7, 11) is 1.98. The summed E-state index contributed by atoms with van der Waals surface area (Å²) in [5.74, 6) is 0.850. The Balaban J connectivity index is 1.97. The van der Waals surface area contributed by atoms with E-state index in [9.17, 15) is 4.79 Å². The summed E-state index contributed by atoms with van der Waals surface area (Å²) >= 11 is 8.41. The van der Waals surface area contributed by atoms with E-state index in [1.54, 1.807) is 11.3 Å². The fourth-order valence-electron chi connectivity index (χ4n) is 2.29. The molecule has 1 saturated heterocycles. The summed E-state index contributed by atoms with van der Waals surface area (Å²) in [6.45, 7) is 2.78. The largest absolute Gasteiger partial charge is 0.339 e. The standard InChI is InChI=1S/C12H16Br2N2OS/c1-15-7-8-2-4-16(5-3-8)12(17)9-6-10(13)18-11(9)14/h6,8,15H,2-5,7H2,1H3. The Labute approximate surface area is 128 Å². The third-order valence-corrected chi connectivity index (χ3v) is 5.62. The van der Waals surface area contributed by atoms with Crippen LogP contribution in [0.4, 0.5) is 0 Å². The highest BCUT2D eigenvalue weighted by atomic mass is 79.9. The van der Waals surface area contributed by atoms with Crippen LogP contribution < -0.4 is 5.32 Å². The molecular weight excluding hydrogens is 380 g/mol. The number of nitrogens with zero attached hydrogens (tertiary/aromatic N) is 1. The van der Waals surface area contributed by atoms with Crippen molar-refractivity contribution in [2.45, 2.75) is 12.8 Å². The van der Waals surface area contributed by atoms with Crippen molar-refractivity contribution in [1.29, 1.82) is 0 Å². The Morgan fingerprint density at radius 3 is 2.67 bits per heavy atom. The van der Waals surface area contributed by atoms with Crippen molar-refractivity contribution in [3.8, 4) is 0 Å². The molecule has 2 rings (SSSR count). The molecule has 1 fully saturated rings. The maximum Gasteiger partial charge on any atom is 0.255 e. The smallest absolute Gasteiger partial charge is 0.255 e. The molecule has 1 aliphatic rings. The lowest BCUT2D eigenvalue weighted by Crippen LogP contribution is -2.40. The van der Waals surface area contributed by atoms with Gasteiger partial charge >= 0.3 is 0 Å². The molecule has 18 heavy (non-hydrogen) atoms. The number of rotatable bonds is 3. The number of thiophene rings is 1. The van der Waals surface area contributed by atoms with Crippen molar-refractivity contribution >= 4 is 49.1 Å². The minimum atomic E-state index is 0.145. The first-order valence-electron chi connectivity index (χ1n) is 6.00. The van der Waals surface area contributed by atoms with Crippen molar-refractivity contribution in [3.05, 3.63) is 19.2 Å². The van der Waals surface area contributed by atoms with Gasteiger partial charge in [0.1, 0.15) is 0 Å². The van der Waals surface area contributed by atoms with Crippen LogP contribution >= 0.6 is 43.2 Å². The van der Waals surface area contributed by atoms with Crippen molar-refractivity contribution in [2.75, 3.05) is 26.7 Å². The quantitative estimate of drug-likeness (QED) is 0.850. The lowest BCUT2D eigenvalue weighted by Gasteiger charge is -2.31. The zero-order valence-electron chi connectivity index (χ0n) is 10.2. The second kappa shape index (κ2) is 6.50. The number of nitrogens with one attached hydrogen (secondary N) is 1. The van der Waals surface area contributed by atoms with Gasteiger partial charge in [-0.25, -0.2) is 0 Å². The molecule has 1 aromatic heterocycles. The van der Waals surface area contributed by atoms with Gasteiger partial charge in [-0.3, -0.25) is 4.79 Å². The first-order valence-corrected chi connectivity index (χ1v) is 8.40. The lowest BCUT2D eigenvalue weighted by molar-refractivity contribution is 0.0690. The summed E-state index contributed by atoms with van der Waals surface area (Å²) in [4.78, 5) is 14.3. The zero-order valence-corrected chi connectivity index (χ0v) is 14.2. The molecule has 0 radical (unpaired) electrons. The van der Waals surface area contributed by atoms with Gasteiger partial charge in [0.2, 0.25) is 0 Å². The van der Waals surface area contributed by atoms with E-state index in [1.807, 2.05) is 18.0 Å². The highest BCUT2D eigenvalue weighted by Gasteiger charge is 2.25. The average molecular weight is 396 g/mol. The second-order valence-corrected chi connectivity index (χ2v) is 8.28. The molecule has 0 bridgehead atoms. The van der Waals surface area contributed by atoms with E-state index in [0.717, 1.165) is 45.6 Å². The highest BCUT2D eigenvalue weighted by molar-refractivity contribution is 9.12. The average Bonchev–Trinajstić information content (AvgIpc) is 2.69. The summed E-state index contributed by atoms with van der Waals surface area (Å²) in [5, 5.41) is 3.21. The zero-order chi connectivity index (χ0) is 13.1. The van der Waals surface area contributed by atoms with Crippen molar-refractivity contribution in [1.82, 2.24) is 10.2 Å². The van der Waals surface area contributed by atoms with Gasteiger partial charge < -0.3 is 10.2 Å². The van der Waals surface area contributed by atoms with E-state index in [0.29, 0.717) is 5.92 Å². The molecule has 0 aliphatic carbocycles. The van der Waals surface area contributed by atoms with Gasteiger partial charge in [0.05, 0.1) is 13.1 Å². The number of hydrogen-bond acceptors (Lipinski definition) is 3. The number of hydrogen-bond donors (Lipinski definition) is 1. The monoisotopic (exact) mass is 394 g/mol. The maximum absolute atomic E-state index is 12.4. The third-order valence-electron chi connectivity index (χ3n) is 3.28. The molecule has 0 aromatic carbocycles. The molecule has 2 heterocycles. The van der Waals surface area contributed by atoms with Gasteiger partial charge in [0.15, 0.2) is 0 Å². The number of halogens is 2. The van der Waals surface area contributed by atoms with Crippen LogP contribution in [-0.2, 0) is 0 Å². The number of amides is 1. The third kappa shape index (κ3) is 3.35. The van der Waals surface area contributed by atoms with Gasteiger partial charge in [-0.15, -0.1) is 11.3 Å². The maximum atomic E-state index is 12.4. The summed E-state index contributed by atoms with van der Waals surface area (Å²) in [6, 6.07) is 1.90. The summed E-state index contributed by atoms with van der Waals surface area (Å²) in [6.07, 6.45) is 2.19. The Bertz CT molecular complexity index is 428. The minimum absolute atomic E-state index is 0.145. The molecule has 0 spiro atoms. The van der Waals surface area contributed by atoms with E-state index >= 15 is 0 Å². The predicted molar refractivity (Wildman–Crippen MR) is 82.3 cm³/mol. The van der Waals surface area contributed by atoms with Crippen molar-refractivity contribution in [3.63, 3.8) is 0 Å². The van der Waals surface area contributed by atoms with E-state index < -0.39 is 0 Å². The lowest BCUT2D eigenvalue weighted by atomic mass is 9.96. The van der Waals surface area contributed by atoms with Crippen LogP contribution in [0.5, 0.6) is 0 Å². The topological polar surface area (TPSA) is 32.3 Å². The molecule has 1 aliphatic heterocycles. The normalized spacial score (nSPS) is 17.2. The second-order valence-electron chi connectivity index (χ2n) is 4.53. The van der Waals surface area contributed by atoms with Crippen LogP contribution in [0, 0.1) is 5.92 Å². The molecule has 0 atom stereocenters. The molecular formula is C12H16Br2N2OS. The molecule has 6 heteroatoms. The summed E-state index contributed by atoms with van der Waals surface area (Å²) in [5.41, 5.74) is 0.777. The first-order chi connectivity index (χ1) is 8.61. The van der Waals surface area contributed by atoms with Crippen molar-refractivity contribution < 1.29 is 4.79 Å². The number of piperidine rings is 1. The number of carbonyl (C=O) groups is 1. The Morgan fingerprint density at radius 1 is 1.50 bits per heavy atom. The molecule has 1 aromatic rings. The number of carbonyl (C=O) groups excluding carboxylic acids is 1. The fraction of sp³-hybridized carbons (Fsp3) is 0.583. The van der Waals surface area contributed by atoms with E-state index in [2.05, 4.69) is 37.2 Å². The van der Waals surface area contributed by atoms with Crippen LogP contribution in [-0.4, -0.2) is 37.5 Å². The van der Waals surface area contributed by atoms with Crippen LogP contribution in [0.1, 0.15) is 23.2 Å². The van der Waals surface area contributed by atoms with Gasteiger partial charge in [0, 0.05) is 13.1 Å². The molecule has 1 N–H and O–H groups in total. The first kappa shape index (κ1) is 14.5. The van der Waals surface area contributed by atoms with Gasteiger partial charge in [-0.1, -0.05) is 0 Å². The molecule has 3 nitrogen and oxygen atoms in total. The van der Waals surface area contributed by atoms with Crippen LogP contribution in [0.3, 0.4) is 0 Å². The van der Waals surface area contributed by atoms with Crippen LogP contribution in [0.15, 0.2) is 13.6 Å². The molecule has 1 amide bonds. The SMILES string of the molecule is CNCC1CCN(C(=O)c2cc(Br)sc2Br)CC1. The molecule has 0 unspecified atom stereocenters. The Kier molecular flexibility index (Phi) is 5.24. The van der Waals surface area contributed by atoms with E-state index in [4.69, 9.17) is 0 Å². The molecule has 100 valence electrons. The summed E-state index contributed by atoms with van der Waals surface area (Å²) < 4.78 is 1.90. The Morgan fingerprint density at radius 2 is 2.17 bits per heavy atom. The van der Waals surface area contributed by atoms with E-state index in [-0.39, 0.29) is 5.91 Å². The van der Waals surface area contributed by atoms with E-state index in [1.165, 1.54) is 0 Å². The van der Waals surface area contributed by atoms with Crippen LogP contribution in [0.2, 0.25) is 0 Å². The number of likely N-dealkylation sites (tertiary alicyclic amines) is 1. The van der Waals surface area contributed by atoms with Gasteiger partial charge in [-0.05, 0) is 70.3 Å². The predicted octanol–water partition coefficient (Wildman–Crippen LogP) is 3.34. The van der Waals surface area contributed by atoms with Crippen LogP contribution in [0.25, 0.3) is 0 Å². The van der Waals surface area contributed by atoms with Gasteiger partial charge in [0.25, 0.3) is 5.91 Å². The molecule has 0 saturated carbocycles. The minimum Gasteiger partial charge on any atom is -0.339 e. The van der Waals surface area contributed by atoms with Gasteiger partial charge in [-0.2, -0.15) is 0 Å². The fourth-order valence-corrected chi connectivity index (χ4v) is 5.06. The van der Waals surface area contributed by atoms with Crippen molar-refractivity contribution in [2.24, 2.45) is 5.92 Å². The highest BCUT2D eigenvalue weighted by Crippen LogP contribution is 2.33. The Hall–Kier alpha value is 0.0900.